The van der Waals surface area contributed by atoms with E-state index in [4.69, 9.17) is 9.47 Å². The Morgan fingerprint density at radius 1 is 1.24 bits per heavy atom. The number of carbonyl (C=O) groups is 1. The summed E-state index contributed by atoms with van der Waals surface area (Å²) < 4.78 is 49.6. The van der Waals surface area contributed by atoms with E-state index in [2.05, 4.69) is 20.0 Å². The molecule has 0 aliphatic heterocycles. The van der Waals surface area contributed by atoms with Crippen LogP contribution in [0.5, 0.6) is 5.75 Å². The van der Waals surface area contributed by atoms with Crippen LogP contribution in [-0.4, -0.2) is 50.8 Å². The molecule has 1 aliphatic rings. The third-order valence-electron chi connectivity index (χ3n) is 6.62. The molecule has 2 aromatic heterocycles. The smallest absolute Gasteiger partial charge is 0.287 e. The topological polar surface area (TPSA) is 139 Å². The molecule has 10 nitrogen and oxygen atoms in total. The molecule has 0 atom stereocenters. The summed E-state index contributed by atoms with van der Waals surface area (Å²) in [5, 5.41) is 4.89. The predicted molar refractivity (Wildman–Crippen MR) is 142 cm³/mol. The SMILES string of the molecule is COc1cc(CNC(=O)c2nc3scc(COCC4CCC(CNS(C)(=O)=O)CC4)c3c(=O)[nH]2)ccc1F. The molecule has 0 unspecified atom stereocenters. The first-order valence-corrected chi connectivity index (χ1v) is 15.0. The molecular weight excluding hydrogens is 535 g/mol. The number of hydrogen-bond donors (Lipinski definition) is 3. The monoisotopic (exact) mass is 566 g/mol. The number of halogens is 1. The largest absolute Gasteiger partial charge is 0.494 e. The van der Waals surface area contributed by atoms with Crippen LogP contribution in [0.25, 0.3) is 10.2 Å². The van der Waals surface area contributed by atoms with E-state index >= 15 is 0 Å². The first kappa shape index (κ1) is 28.1. The molecule has 0 saturated heterocycles. The number of sulfonamides is 1. The van der Waals surface area contributed by atoms with Crippen LogP contribution in [0.15, 0.2) is 28.4 Å². The number of aromatic nitrogens is 2. The van der Waals surface area contributed by atoms with E-state index in [9.17, 15) is 22.4 Å². The number of nitrogens with zero attached hydrogens (tertiary/aromatic N) is 1. The molecule has 2 heterocycles. The average molecular weight is 567 g/mol. The van der Waals surface area contributed by atoms with Crippen LogP contribution in [0.3, 0.4) is 0 Å². The molecule has 13 heteroatoms. The van der Waals surface area contributed by atoms with Crippen LogP contribution < -0.4 is 20.3 Å². The number of hydrogen-bond acceptors (Lipinski definition) is 8. The van der Waals surface area contributed by atoms with Gasteiger partial charge >= 0.3 is 0 Å². The molecule has 1 amide bonds. The lowest BCUT2D eigenvalue weighted by Gasteiger charge is -2.28. The van der Waals surface area contributed by atoms with E-state index in [-0.39, 0.29) is 24.7 Å². The Hall–Kier alpha value is -2.87. The summed E-state index contributed by atoms with van der Waals surface area (Å²) in [4.78, 5) is 32.7. The maximum absolute atomic E-state index is 13.6. The van der Waals surface area contributed by atoms with Crippen LogP contribution >= 0.6 is 11.3 Å². The molecular formula is C25H31FN4O6S2. The van der Waals surface area contributed by atoms with Crippen molar-refractivity contribution in [1.29, 1.82) is 0 Å². The molecule has 1 aliphatic carbocycles. The molecule has 1 saturated carbocycles. The van der Waals surface area contributed by atoms with Crippen molar-refractivity contribution in [2.45, 2.75) is 38.8 Å². The number of rotatable bonds is 11. The maximum atomic E-state index is 13.6. The van der Waals surface area contributed by atoms with E-state index in [1.165, 1.54) is 42.9 Å². The van der Waals surface area contributed by atoms with Crippen LogP contribution in [0.1, 0.15) is 47.4 Å². The standard InChI is InChI=1S/C25H31FN4O6S2/c1-35-20-9-17(7-8-19(20)26)10-27-24(32)22-29-23(31)21-18(14-37-25(21)30-22)13-36-12-16-5-3-15(4-6-16)11-28-38(2,33)34/h7-9,14-16,28H,3-6,10-13H2,1-2H3,(H,27,32)(H,29,30,31). The number of amides is 1. The summed E-state index contributed by atoms with van der Waals surface area (Å²) in [6.45, 7) is 1.41. The molecule has 206 valence electrons. The first-order chi connectivity index (χ1) is 18.1. The van der Waals surface area contributed by atoms with Gasteiger partial charge in [-0.05, 0) is 60.6 Å². The lowest BCUT2D eigenvalue weighted by molar-refractivity contribution is 0.0681. The number of nitrogens with one attached hydrogen (secondary N) is 3. The van der Waals surface area contributed by atoms with E-state index in [0.29, 0.717) is 40.8 Å². The van der Waals surface area contributed by atoms with Crippen LogP contribution in [0.2, 0.25) is 0 Å². The van der Waals surface area contributed by atoms with Gasteiger partial charge in [-0.2, -0.15) is 0 Å². The quantitative estimate of drug-likeness (QED) is 0.324. The fourth-order valence-corrected chi connectivity index (χ4v) is 5.97. The van der Waals surface area contributed by atoms with Gasteiger partial charge in [-0.3, -0.25) is 9.59 Å². The molecule has 38 heavy (non-hydrogen) atoms. The van der Waals surface area contributed by atoms with Crippen molar-refractivity contribution in [2.75, 3.05) is 26.5 Å². The average Bonchev–Trinajstić information content (AvgIpc) is 3.30. The summed E-state index contributed by atoms with van der Waals surface area (Å²) in [7, 11) is -1.81. The van der Waals surface area contributed by atoms with E-state index in [0.717, 1.165) is 31.2 Å². The Labute approximate surface area is 224 Å². The van der Waals surface area contributed by atoms with Crippen molar-refractivity contribution in [3.63, 3.8) is 0 Å². The van der Waals surface area contributed by atoms with Gasteiger partial charge in [-0.25, -0.2) is 22.5 Å². The van der Waals surface area contributed by atoms with Gasteiger partial charge in [-0.1, -0.05) is 6.07 Å². The second kappa shape index (κ2) is 12.3. The van der Waals surface area contributed by atoms with Crippen LogP contribution in [-0.2, 0) is 27.9 Å². The Balaban J connectivity index is 1.29. The van der Waals surface area contributed by atoms with Gasteiger partial charge in [0, 0.05) is 25.3 Å². The van der Waals surface area contributed by atoms with Crippen LogP contribution in [0, 0.1) is 17.7 Å². The Morgan fingerprint density at radius 3 is 2.68 bits per heavy atom. The van der Waals surface area contributed by atoms with Crippen molar-refractivity contribution in [1.82, 2.24) is 20.0 Å². The van der Waals surface area contributed by atoms with Crippen LogP contribution in [0.4, 0.5) is 4.39 Å². The van der Waals surface area contributed by atoms with E-state index in [1.54, 1.807) is 0 Å². The third-order valence-corrected chi connectivity index (χ3v) is 8.23. The zero-order chi connectivity index (χ0) is 27.3. The minimum atomic E-state index is -3.17. The Kier molecular flexibility index (Phi) is 9.13. The summed E-state index contributed by atoms with van der Waals surface area (Å²) in [5.74, 6) is -0.344. The number of ether oxygens (including phenoxy) is 2. The second-order valence-electron chi connectivity index (χ2n) is 9.53. The number of aromatic amines is 1. The molecule has 0 spiro atoms. The molecule has 3 aromatic rings. The minimum Gasteiger partial charge on any atom is -0.494 e. The highest BCUT2D eigenvalue weighted by molar-refractivity contribution is 7.88. The van der Waals surface area contributed by atoms with Gasteiger partial charge < -0.3 is 19.8 Å². The van der Waals surface area contributed by atoms with Gasteiger partial charge in [0.25, 0.3) is 11.5 Å². The Bertz CT molecular complexity index is 1450. The number of methoxy groups -OCH3 is 1. The number of fused-ring (bicyclic) bond motifs is 1. The summed E-state index contributed by atoms with van der Waals surface area (Å²) in [6.07, 6.45) is 4.99. The lowest BCUT2D eigenvalue weighted by Crippen LogP contribution is -2.31. The third kappa shape index (κ3) is 7.37. The highest BCUT2D eigenvalue weighted by atomic mass is 32.2. The van der Waals surface area contributed by atoms with Gasteiger partial charge in [-0.15, -0.1) is 11.3 Å². The van der Waals surface area contributed by atoms with E-state index in [1.807, 2.05) is 5.38 Å². The minimum absolute atomic E-state index is 0.0765. The summed E-state index contributed by atoms with van der Waals surface area (Å²) >= 11 is 1.27. The molecule has 3 N–H and O–H groups in total. The highest BCUT2D eigenvalue weighted by Crippen LogP contribution is 2.29. The lowest BCUT2D eigenvalue weighted by atomic mass is 9.82. The number of thiophene rings is 1. The molecule has 1 aromatic carbocycles. The number of H-pyrrole nitrogens is 1. The van der Waals surface area contributed by atoms with Crippen molar-refractivity contribution in [2.24, 2.45) is 11.8 Å². The molecule has 0 radical (unpaired) electrons. The fourth-order valence-electron chi connectivity index (χ4n) is 4.51. The Morgan fingerprint density at radius 2 is 1.97 bits per heavy atom. The van der Waals surface area contributed by atoms with Crippen molar-refractivity contribution < 1.29 is 27.1 Å². The van der Waals surface area contributed by atoms with Gasteiger partial charge in [0.2, 0.25) is 15.8 Å². The van der Waals surface area contributed by atoms with Crippen molar-refractivity contribution in [3.05, 3.63) is 56.7 Å². The van der Waals surface area contributed by atoms with Crippen molar-refractivity contribution >= 4 is 37.5 Å². The van der Waals surface area contributed by atoms with Gasteiger partial charge in [0.05, 0.1) is 25.4 Å². The summed E-state index contributed by atoms with van der Waals surface area (Å²) in [5.41, 5.74) is 0.937. The summed E-state index contributed by atoms with van der Waals surface area (Å²) in [6, 6.07) is 4.28. The van der Waals surface area contributed by atoms with Crippen molar-refractivity contribution in [3.8, 4) is 5.75 Å². The number of benzene rings is 1. The first-order valence-electron chi connectivity index (χ1n) is 12.3. The normalized spacial score (nSPS) is 18.0. The fraction of sp³-hybridized carbons (Fsp3) is 0.480. The van der Waals surface area contributed by atoms with Gasteiger partial charge in [0.1, 0.15) is 4.83 Å². The predicted octanol–water partition coefficient (Wildman–Crippen LogP) is 2.93. The zero-order valence-corrected chi connectivity index (χ0v) is 22.8. The second-order valence-corrected chi connectivity index (χ2v) is 12.2. The maximum Gasteiger partial charge on any atom is 0.287 e. The van der Waals surface area contributed by atoms with E-state index < -0.39 is 27.3 Å². The van der Waals surface area contributed by atoms with Gasteiger partial charge in [0.15, 0.2) is 11.6 Å². The molecule has 0 bridgehead atoms. The number of carbonyl (C=O) groups excluding carboxylic acids is 1. The molecule has 1 fully saturated rings. The molecule has 4 rings (SSSR count). The zero-order valence-electron chi connectivity index (χ0n) is 21.2. The highest BCUT2D eigenvalue weighted by Gasteiger charge is 2.22.